The van der Waals surface area contributed by atoms with Crippen LogP contribution in [0.4, 0.5) is 0 Å². The van der Waals surface area contributed by atoms with Gasteiger partial charge in [0.05, 0.1) is 11.4 Å². The van der Waals surface area contributed by atoms with Crippen LogP contribution in [0.3, 0.4) is 0 Å². The fourth-order valence-corrected chi connectivity index (χ4v) is 3.74. The summed E-state index contributed by atoms with van der Waals surface area (Å²) in [6.07, 6.45) is 5.48. The number of halogens is 1. The van der Waals surface area contributed by atoms with Crippen molar-refractivity contribution in [1.29, 1.82) is 0 Å². The van der Waals surface area contributed by atoms with Gasteiger partial charge < -0.3 is 10.2 Å². The van der Waals surface area contributed by atoms with Gasteiger partial charge in [-0.1, -0.05) is 93.6 Å². The summed E-state index contributed by atoms with van der Waals surface area (Å²) < 4.78 is 0. The first kappa shape index (κ1) is 31.0. The molecule has 192 valence electrons. The largest absolute Gasteiger partial charge is 0.400 e. The highest BCUT2D eigenvalue weighted by molar-refractivity contribution is 6.31. The SMILES string of the molecule is C=Cc1c(C(=O)CC)cc(-c2ccc(-c3ccc(CCCO)cc3)cc2)nc1/C=C(\C)Cl.CC.CO. The minimum atomic E-state index is 0.0448. The first-order chi connectivity index (χ1) is 17.5. The predicted molar refractivity (Wildman–Crippen MR) is 154 cm³/mol. The topological polar surface area (TPSA) is 70.4 Å². The number of aromatic nitrogens is 1. The molecule has 0 atom stereocenters. The number of aliphatic hydroxyl groups excluding tert-OH is 2. The molecule has 0 aliphatic heterocycles. The number of aliphatic hydroxyl groups is 2. The van der Waals surface area contributed by atoms with Crippen LogP contribution in [0.2, 0.25) is 0 Å². The van der Waals surface area contributed by atoms with Crippen LogP contribution in [0, 0.1) is 0 Å². The van der Waals surface area contributed by atoms with Gasteiger partial charge in [-0.2, -0.15) is 0 Å². The second kappa shape index (κ2) is 16.6. The van der Waals surface area contributed by atoms with Crippen molar-refractivity contribution >= 4 is 29.5 Å². The first-order valence-corrected chi connectivity index (χ1v) is 12.6. The van der Waals surface area contributed by atoms with Gasteiger partial charge in [-0.3, -0.25) is 4.79 Å². The van der Waals surface area contributed by atoms with E-state index in [4.69, 9.17) is 26.8 Å². The van der Waals surface area contributed by atoms with E-state index < -0.39 is 0 Å². The predicted octanol–water partition coefficient (Wildman–Crippen LogP) is 7.81. The average Bonchev–Trinajstić information content (AvgIpc) is 2.93. The lowest BCUT2D eigenvalue weighted by molar-refractivity contribution is 0.0988. The van der Waals surface area contributed by atoms with E-state index in [9.17, 15) is 4.79 Å². The van der Waals surface area contributed by atoms with Crippen molar-refractivity contribution in [2.75, 3.05) is 13.7 Å². The molecule has 0 unspecified atom stereocenters. The molecule has 0 aliphatic carbocycles. The highest BCUT2D eigenvalue weighted by atomic mass is 35.5. The van der Waals surface area contributed by atoms with Gasteiger partial charge in [0, 0.05) is 41.9 Å². The summed E-state index contributed by atoms with van der Waals surface area (Å²) in [7, 11) is 1.00. The molecule has 0 saturated carbocycles. The Kier molecular flexibility index (Phi) is 14.3. The fourth-order valence-electron chi connectivity index (χ4n) is 3.64. The number of Topliss-reactive ketones (excluding diaryl/α,β-unsaturated/α-hetero) is 1. The molecule has 2 aromatic carbocycles. The van der Waals surface area contributed by atoms with E-state index in [1.165, 1.54) is 5.56 Å². The molecule has 36 heavy (non-hydrogen) atoms. The molecule has 3 aromatic rings. The summed E-state index contributed by atoms with van der Waals surface area (Å²) in [6, 6.07) is 18.4. The number of aryl methyl sites for hydroxylation is 1. The standard InChI is InChI=1S/C28H28ClNO2.C2H6.CH4O/c1-4-24-25(28(32)5-2)18-26(30-27(24)17-19(3)29)23-14-12-22(13-15-23)21-10-8-20(9-11-21)7-6-16-31;2*1-2/h4,8-15,17-18,31H,1,5-7,16H2,2-3H3;1-2H3;2H,1H3/b19-17+;;. The lowest BCUT2D eigenvalue weighted by Gasteiger charge is -2.12. The Morgan fingerprint density at radius 1 is 1.00 bits per heavy atom. The van der Waals surface area contributed by atoms with Crippen molar-refractivity contribution in [2.45, 2.75) is 47.0 Å². The number of pyridine rings is 1. The minimum Gasteiger partial charge on any atom is -0.400 e. The molecular formula is C31H38ClNO3. The van der Waals surface area contributed by atoms with Crippen molar-refractivity contribution in [3.63, 3.8) is 0 Å². The average molecular weight is 508 g/mol. The van der Waals surface area contributed by atoms with E-state index in [0.29, 0.717) is 28.3 Å². The van der Waals surface area contributed by atoms with Crippen molar-refractivity contribution in [3.8, 4) is 22.4 Å². The van der Waals surface area contributed by atoms with E-state index in [1.54, 1.807) is 19.1 Å². The Morgan fingerprint density at radius 3 is 2.00 bits per heavy atom. The number of benzene rings is 2. The van der Waals surface area contributed by atoms with E-state index in [-0.39, 0.29) is 12.4 Å². The molecule has 0 amide bonds. The third kappa shape index (κ3) is 8.56. The summed E-state index contributed by atoms with van der Waals surface area (Å²) in [4.78, 5) is 17.4. The molecule has 1 heterocycles. The molecule has 0 saturated heterocycles. The number of hydrogen-bond acceptors (Lipinski definition) is 4. The summed E-state index contributed by atoms with van der Waals surface area (Å²) >= 11 is 6.12. The van der Waals surface area contributed by atoms with Gasteiger partial charge in [-0.25, -0.2) is 4.98 Å². The van der Waals surface area contributed by atoms with Gasteiger partial charge in [-0.05, 0) is 48.6 Å². The Hall–Kier alpha value is -3.05. The molecular weight excluding hydrogens is 470 g/mol. The number of rotatable bonds is 9. The Bertz CT molecular complexity index is 1130. The van der Waals surface area contributed by atoms with Crippen LogP contribution in [-0.2, 0) is 6.42 Å². The van der Waals surface area contributed by atoms with Crippen LogP contribution in [0.1, 0.15) is 67.7 Å². The van der Waals surface area contributed by atoms with E-state index >= 15 is 0 Å². The quantitative estimate of drug-likeness (QED) is 0.290. The van der Waals surface area contributed by atoms with E-state index in [1.807, 2.05) is 39.0 Å². The molecule has 1 aromatic heterocycles. The molecule has 0 fully saturated rings. The molecule has 4 nitrogen and oxygen atoms in total. The molecule has 2 N–H and O–H groups in total. The second-order valence-electron chi connectivity index (χ2n) is 7.67. The summed E-state index contributed by atoms with van der Waals surface area (Å²) in [5.74, 6) is 0.0448. The highest BCUT2D eigenvalue weighted by Gasteiger charge is 2.15. The van der Waals surface area contributed by atoms with Gasteiger partial charge in [-0.15, -0.1) is 0 Å². The van der Waals surface area contributed by atoms with Gasteiger partial charge in [0.2, 0.25) is 0 Å². The van der Waals surface area contributed by atoms with Gasteiger partial charge in [0.25, 0.3) is 0 Å². The number of allylic oxidation sites excluding steroid dienone is 1. The Labute approximate surface area is 221 Å². The first-order valence-electron chi connectivity index (χ1n) is 12.3. The minimum absolute atomic E-state index is 0.0448. The van der Waals surface area contributed by atoms with E-state index in [2.05, 4.69) is 43.0 Å². The van der Waals surface area contributed by atoms with Gasteiger partial charge >= 0.3 is 0 Å². The maximum atomic E-state index is 12.6. The van der Waals surface area contributed by atoms with Gasteiger partial charge in [0.1, 0.15) is 0 Å². The van der Waals surface area contributed by atoms with E-state index in [0.717, 1.165) is 42.3 Å². The van der Waals surface area contributed by atoms with Crippen LogP contribution in [0.5, 0.6) is 0 Å². The monoisotopic (exact) mass is 507 g/mol. The van der Waals surface area contributed by atoms with Crippen LogP contribution in [0.25, 0.3) is 34.5 Å². The molecule has 5 heteroatoms. The Balaban J connectivity index is 0.00000154. The van der Waals surface area contributed by atoms with Crippen molar-refractivity contribution in [2.24, 2.45) is 0 Å². The van der Waals surface area contributed by atoms with Crippen molar-refractivity contribution in [1.82, 2.24) is 4.98 Å². The smallest absolute Gasteiger partial charge is 0.163 e. The second-order valence-corrected chi connectivity index (χ2v) is 8.26. The molecule has 0 bridgehead atoms. The maximum Gasteiger partial charge on any atom is 0.163 e. The zero-order chi connectivity index (χ0) is 27.1. The van der Waals surface area contributed by atoms with Crippen LogP contribution >= 0.6 is 11.6 Å². The number of ketones is 1. The third-order valence-corrected chi connectivity index (χ3v) is 5.45. The van der Waals surface area contributed by atoms with Crippen molar-refractivity contribution in [3.05, 3.63) is 88.6 Å². The maximum absolute atomic E-state index is 12.6. The lowest BCUT2D eigenvalue weighted by Crippen LogP contribution is -2.05. The number of carbonyl (C=O) groups excluding carboxylic acids is 1. The zero-order valence-corrected chi connectivity index (χ0v) is 22.8. The number of nitrogens with zero attached hydrogens (tertiary/aromatic N) is 1. The molecule has 0 aliphatic rings. The zero-order valence-electron chi connectivity index (χ0n) is 22.0. The number of hydrogen-bond donors (Lipinski definition) is 2. The fraction of sp³-hybridized carbons (Fsp3) is 0.290. The Morgan fingerprint density at radius 2 is 1.53 bits per heavy atom. The molecule has 0 radical (unpaired) electrons. The summed E-state index contributed by atoms with van der Waals surface area (Å²) in [5, 5.41) is 16.6. The highest BCUT2D eigenvalue weighted by Crippen LogP contribution is 2.29. The molecule has 3 rings (SSSR count). The van der Waals surface area contributed by atoms with Gasteiger partial charge in [0.15, 0.2) is 5.78 Å². The lowest BCUT2D eigenvalue weighted by atomic mass is 9.96. The normalized spacial score (nSPS) is 10.5. The molecule has 0 spiro atoms. The van der Waals surface area contributed by atoms with Crippen molar-refractivity contribution < 1.29 is 15.0 Å². The summed E-state index contributed by atoms with van der Waals surface area (Å²) in [6.45, 7) is 11.7. The summed E-state index contributed by atoms with van der Waals surface area (Å²) in [5.41, 5.74) is 7.06. The number of carbonyl (C=O) groups is 1. The van der Waals surface area contributed by atoms with Crippen LogP contribution in [-0.4, -0.2) is 34.7 Å². The van der Waals surface area contributed by atoms with Crippen LogP contribution in [0.15, 0.2) is 66.2 Å². The third-order valence-electron chi connectivity index (χ3n) is 5.34. The van der Waals surface area contributed by atoms with Crippen LogP contribution < -0.4 is 0 Å².